The van der Waals surface area contributed by atoms with Crippen LogP contribution in [0.15, 0.2) is 0 Å². The van der Waals surface area contributed by atoms with Crippen LogP contribution in [0.25, 0.3) is 0 Å². The van der Waals surface area contributed by atoms with Crippen molar-refractivity contribution in [2.45, 2.75) is 59.1 Å². The molecule has 1 aliphatic carbocycles. The van der Waals surface area contributed by atoms with Crippen LogP contribution >= 0.6 is 0 Å². The normalized spacial score (nSPS) is 37.1. The first-order valence-electron chi connectivity index (χ1n) is 7.20. The molecule has 3 heteroatoms. The molecule has 1 aliphatic heterocycles. The minimum Gasteiger partial charge on any atom is -0.378 e. The van der Waals surface area contributed by atoms with Gasteiger partial charge in [0.25, 0.3) is 0 Å². The van der Waals surface area contributed by atoms with E-state index < -0.39 is 0 Å². The average Bonchev–Trinajstić information content (AvgIpc) is 2.62. The van der Waals surface area contributed by atoms with E-state index in [4.69, 9.17) is 4.74 Å². The van der Waals surface area contributed by atoms with Crippen molar-refractivity contribution in [3.05, 3.63) is 0 Å². The standard InChI is InChI=1S/C14H28N2O/c1-5-7-16-12-8-13(17-6-2)14(3,4)9-11(12)10-15-16/h11-13,15H,5-10H2,1-4H3. The zero-order chi connectivity index (χ0) is 12.5. The fourth-order valence-electron chi connectivity index (χ4n) is 3.60. The predicted molar refractivity (Wildman–Crippen MR) is 70.7 cm³/mol. The molecular weight excluding hydrogens is 212 g/mol. The van der Waals surface area contributed by atoms with Gasteiger partial charge in [0.2, 0.25) is 0 Å². The highest BCUT2D eigenvalue weighted by Crippen LogP contribution is 2.43. The van der Waals surface area contributed by atoms with Crippen molar-refractivity contribution >= 4 is 0 Å². The van der Waals surface area contributed by atoms with Crippen molar-refractivity contribution in [1.82, 2.24) is 10.4 Å². The maximum Gasteiger partial charge on any atom is 0.0641 e. The minimum absolute atomic E-state index is 0.334. The van der Waals surface area contributed by atoms with E-state index in [0.717, 1.165) is 19.1 Å². The lowest BCUT2D eigenvalue weighted by molar-refractivity contribution is -0.0761. The molecule has 0 bridgehead atoms. The molecule has 1 N–H and O–H groups in total. The van der Waals surface area contributed by atoms with Gasteiger partial charge < -0.3 is 4.74 Å². The van der Waals surface area contributed by atoms with Gasteiger partial charge in [0, 0.05) is 25.7 Å². The van der Waals surface area contributed by atoms with Gasteiger partial charge in [-0.25, -0.2) is 5.01 Å². The van der Waals surface area contributed by atoms with Crippen LogP contribution in [0.2, 0.25) is 0 Å². The van der Waals surface area contributed by atoms with E-state index in [2.05, 4.69) is 38.1 Å². The second kappa shape index (κ2) is 5.25. The monoisotopic (exact) mass is 240 g/mol. The van der Waals surface area contributed by atoms with Gasteiger partial charge in [-0.1, -0.05) is 20.8 Å². The molecule has 1 saturated heterocycles. The van der Waals surface area contributed by atoms with Crippen LogP contribution in [-0.4, -0.2) is 36.9 Å². The zero-order valence-electron chi connectivity index (χ0n) is 11.8. The predicted octanol–water partition coefficient (Wildman–Crippen LogP) is 2.43. The van der Waals surface area contributed by atoms with Crippen LogP contribution in [0.1, 0.15) is 47.0 Å². The van der Waals surface area contributed by atoms with Crippen molar-refractivity contribution in [3.63, 3.8) is 0 Å². The second-order valence-corrected chi connectivity index (χ2v) is 6.26. The van der Waals surface area contributed by atoms with E-state index in [1.165, 1.54) is 25.8 Å². The van der Waals surface area contributed by atoms with E-state index in [0.29, 0.717) is 17.6 Å². The fraction of sp³-hybridized carbons (Fsp3) is 1.00. The van der Waals surface area contributed by atoms with E-state index in [1.54, 1.807) is 0 Å². The molecule has 1 heterocycles. The van der Waals surface area contributed by atoms with Gasteiger partial charge in [0.05, 0.1) is 6.10 Å². The molecule has 0 aromatic carbocycles. The summed E-state index contributed by atoms with van der Waals surface area (Å²) in [6.07, 6.45) is 4.13. The summed E-state index contributed by atoms with van der Waals surface area (Å²) in [4.78, 5) is 0. The van der Waals surface area contributed by atoms with Crippen LogP contribution in [0.4, 0.5) is 0 Å². The number of hydrogen-bond donors (Lipinski definition) is 1. The van der Waals surface area contributed by atoms with E-state index in [1.807, 2.05) is 0 Å². The molecule has 3 unspecified atom stereocenters. The third kappa shape index (κ3) is 2.67. The van der Waals surface area contributed by atoms with E-state index in [-0.39, 0.29) is 0 Å². The lowest BCUT2D eigenvalue weighted by atomic mass is 9.68. The first kappa shape index (κ1) is 13.3. The third-order valence-electron chi connectivity index (χ3n) is 4.45. The lowest BCUT2D eigenvalue weighted by Crippen LogP contribution is -2.49. The molecule has 0 aromatic rings. The largest absolute Gasteiger partial charge is 0.378 e. The zero-order valence-corrected chi connectivity index (χ0v) is 11.8. The Kier molecular flexibility index (Phi) is 4.11. The summed E-state index contributed by atoms with van der Waals surface area (Å²) in [5, 5.41) is 2.46. The van der Waals surface area contributed by atoms with Crippen molar-refractivity contribution in [2.75, 3.05) is 19.7 Å². The SMILES string of the molecule is CCCN1NCC2CC(C)(C)C(OCC)CC21. The first-order chi connectivity index (χ1) is 8.08. The van der Waals surface area contributed by atoms with Gasteiger partial charge >= 0.3 is 0 Å². The lowest BCUT2D eigenvalue weighted by Gasteiger charge is -2.45. The molecule has 0 spiro atoms. The third-order valence-corrected chi connectivity index (χ3v) is 4.45. The Bertz CT molecular complexity index is 255. The summed E-state index contributed by atoms with van der Waals surface area (Å²) >= 11 is 0. The molecule has 17 heavy (non-hydrogen) atoms. The first-order valence-corrected chi connectivity index (χ1v) is 7.20. The van der Waals surface area contributed by atoms with Crippen LogP contribution in [-0.2, 0) is 4.74 Å². The van der Waals surface area contributed by atoms with E-state index in [9.17, 15) is 0 Å². The molecule has 2 rings (SSSR count). The summed E-state index contributed by atoms with van der Waals surface area (Å²) in [7, 11) is 0. The van der Waals surface area contributed by atoms with Gasteiger partial charge in [0.15, 0.2) is 0 Å². The van der Waals surface area contributed by atoms with Gasteiger partial charge in [-0.05, 0) is 37.5 Å². The topological polar surface area (TPSA) is 24.5 Å². The molecule has 2 aliphatic rings. The minimum atomic E-state index is 0.334. The summed E-state index contributed by atoms with van der Waals surface area (Å²) in [5.41, 5.74) is 3.91. The molecule has 0 amide bonds. The number of nitrogens with one attached hydrogen (secondary N) is 1. The smallest absolute Gasteiger partial charge is 0.0641 e. The van der Waals surface area contributed by atoms with E-state index >= 15 is 0 Å². The van der Waals surface area contributed by atoms with Gasteiger partial charge in [0.1, 0.15) is 0 Å². The maximum absolute atomic E-state index is 5.98. The Morgan fingerprint density at radius 3 is 2.76 bits per heavy atom. The van der Waals surface area contributed by atoms with Crippen molar-refractivity contribution < 1.29 is 4.74 Å². The summed E-state index contributed by atoms with van der Waals surface area (Å²) in [6, 6.07) is 0.694. The van der Waals surface area contributed by atoms with Crippen molar-refractivity contribution in [1.29, 1.82) is 0 Å². The molecule has 0 radical (unpaired) electrons. The highest BCUT2D eigenvalue weighted by atomic mass is 16.5. The van der Waals surface area contributed by atoms with Gasteiger partial charge in [-0.2, -0.15) is 0 Å². The van der Waals surface area contributed by atoms with Crippen LogP contribution in [0.5, 0.6) is 0 Å². The Morgan fingerprint density at radius 2 is 2.12 bits per heavy atom. The number of fused-ring (bicyclic) bond motifs is 1. The molecular formula is C14H28N2O. The van der Waals surface area contributed by atoms with Crippen LogP contribution in [0.3, 0.4) is 0 Å². The van der Waals surface area contributed by atoms with Gasteiger partial charge in [-0.3, -0.25) is 5.43 Å². The molecule has 100 valence electrons. The molecule has 3 atom stereocenters. The summed E-state index contributed by atoms with van der Waals surface area (Å²) < 4.78 is 5.98. The molecule has 2 fully saturated rings. The van der Waals surface area contributed by atoms with Crippen LogP contribution < -0.4 is 5.43 Å². The molecule has 3 nitrogen and oxygen atoms in total. The number of ether oxygens (including phenoxy) is 1. The summed E-state index contributed by atoms with van der Waals surface area (Å²) in [6.45, 7) is 12.3. The number of rotatable bonds is 4. The Balaban J connectivity index is 2.04. The van der Waals surface area contributed by atoms with Crippen molar-refractivity contribution in [2.24, 2.45) is 11.3 Å². The Morgan fingerprint density at radius 1 is 1.35 bits per heavy atom. The highest BCUT2D eigenvalue weighted by molar-refractivity contribution is 4.98. The van der Waals surface area contributed by atoms with Crippen LogP contribution in [0, 0.1) is 11.3 Å². The number of hydrogen-bond acceptors (Lipinski definition) is 3. The van der Waals surface area contributed by atoms with Gasteiger partial charge in [-0.15, -0.1) is 0 Å². The number of nitrogens with zero attached hydrogens (tertiary/aromatic N) is 1. The average molecular weight is 240 g/mol. The second-order valence-electron chi connectivity index (χ2n) is 6.26. The fourth-order valence-corrected chi connectivity index (χ4v) is 3.60. The molecule has 1 saturated carbocycles. The quantitative estimate of drug-likeness (QED) is 0.817. The Labute approximate surface area is 106 Å². The number of hydrazine groups is 1. The maximum atomic E-state index is 5.98. The summed E-state index contributed by atoms with van der Waals surface area (Å²) in [5.74, 6) is 0.813. The van der Waals surface area contributed by atoms with Crippen molar-refractivity contribution in [3.8, 4) is 0 Å². The highest BCUT2D eigenvalue weighted by Gasteiger charge is 2.46. The molecule has 0 aromatic heterocycles. The Hall–Kier alpha value is -0.120.